The van der Waals surface area contributed by atoms with Crippen LogP contribution in [0.5, 0.6) is 0 Å². The predicted molar refractivity (Wildman–Crippen MR) is 81.8 cm³/mol. The molecule has 3 heterocycles. The summed E-state index contributed by atoms with van der Waals surface area (Å²) in [5.41, 5.74) is 0. The van der Waals surface area contributed by atoms with Gasteiger partial charge in [-0.25, -0.2) is 8.42 Å². The molecule has 0 spiro atoms. The maximum Gasteiger partial charge on any atom is 0.217 e. The molecule has 7 nitrogen and oxygen atoms in total. The molecule has 3 aliphatic rings. The number of fused-ring (bicyclic) bond motifs is 1. The van der Waals surface area contributed by atoms with Gasteiger partial charge in [0.25, 0.3) is 0 Å². The Bertz CT molecular complexity index is 646. The third-order valence-electron chi connectivity index (χ3n) is 4.93. The zero-order chi connectivity index (χ0) is 15.2. The highest BCUT2D eigenvalue weighted by molar-refractivity contribution is 7.90. The largest absolute Gasteiger partial charge is 0.313 e. The number of aromatic nitrogens is 3. The summed E-state index contributed by atoms with van der Waals surface area (Å²) in [6.07, 6.45) is 4.83. The summed E-state index contributed by atoms with van der Waals surface area (Å²) in [6.45, 7) is 4.87. The van der Waals surface area contributed by atoms with E-state index in [1.54, 1.807) is 4.31 Å². The van der Waals surface area contributed by atoms with Crippen molar-refractivity contribution >= 4 is 10.0 Å². The van der Waals surface area contributed by atoms with Crippen LogP contribution in [-0.2, 0) is 29.5 Å². The lowest BCUT2D eigenvalue weighted by molar-refractivity contribution is 0.314. The van der Waals surface area contributed by atoms with Gasteiger partial charge in [-0.1, -0.05) is 0 Å². The average molecular weight is 325 g/mol. The smallest absolute Gasteiger partial charge is 0.217 e. The van der Waals surface area contributed by atoms with Crippen molar-refractivity contribution in [2.24, 2.45) is 0 Å². The number of rotatable bonds is 4. The van der Waals surface area contributed by atoms with Crippen LogP contribution in [0.1, 0.15) is 37.3 Å². The molecule has 1 saturated heterocycles. The van der Waals surface area contributed by atoms with Crippen molar-refractivity contribution in [2.75, 3.05) is 26.2 Å². The first-order valence-corrected chi connectivity index (χ1v) is 9.77. The summed E-state index contributed by atoms with van der Waals surface area (Å²) < 4.78 is 28.6. The highest BCUT2D eigenvalue weighted by atomic mass is 32.2. The van der Waals surface area contributed by atoms with E-state index in [0.29, 0.717) is 26.1 Å². The van der Waals surface area contributed by atoms with Gasteiger partial charge in [-0.15, -0.1) is 10.2 Å². The van der Waals surface area contributed by atoms with Gasteiger partial charge < -0.3 is 4.57 Å². The van der Waals surface area contributed by atoms with Crippen LogP contribution in [0.25, 0.3) is 0 Å². The SMILES string of the molecule is O=S(=O)(C1CC1)N1CCc2nnc(CN3CCCC3)n2CC1. The van der Waals surface area contributed by atoms with Crippen LogP contribution in [0, 0.1) is 0 Å². The van der Waals surface area contributed by atoms with E-state index >= 15 is 0 Å². The molecule has 2 aliphatic heterocycles. The van der Waals surface area contributed by atoms with Crippen LogP contribution < -0.4 is 0 Å². The number of hydrogen-bond donors (Lipinski definition) is 0. The summed E-state index contributed by atoms with van der Waals surface area (Å²) in [5, 5.41) is 8.52. The number of likely N-dealkylation sites (tertiary alicyclic amines) is 1. The Labute approximate surface area is 131 Å². The molecule has 0 N–H and O–H groups in total. The quantitative estimate of drug-likeness (QED) is 0.792. The maximum absolute atomic E-state index is 12.4. The Morgan fingerprint density at radius 1 is 1.00 bits per heavy atom. The molecule has 0 aromatic carbocycles. The van der Waals surface area contributed by atoms with E-state index in [0.717, 1.165) is 44.1 Å². The molecule has 1 aromatic rings. The van der Waals surface area contributed by atoms with Crippen molar-refractivity contribution < 1.29 is 8.42 Å². The van der Waals surface area contributed by atoms with Crippen LogP contribution in [0.2, 0.25) is 0 Å². The summed E-state index contributed by atoms with van der Waals surface area (Å²) in [5.74, 6) is 1.92. The van der Waals surface area contributed by atoms with Gasteiger partial charge in [-0.3, -0.25) is 4.90 Å². The lowest BCUT2D eigenvalue weighted by Gasteiger charge is -2.19. The molecule has 2 fully saturated rings. The number of nitrogens with zero attached hydrogens (tertiary/aromatic N) is 5. The molecular formula is C14H23N5O2S. The minimum Gasteiger partial charge on any atom is -0.313 e. The molecule has 0 bridgehead atoms. The van der Waals surface area contributed by atoms with Crippen molar-refractivity contribution in [1.29, 1.82) is 0 Å². The van der Waals surface area contributed by atoms with E-state index in [1.807, 2.05) is 0 Å². The predicted octanol–water partition coefficient (Wildman–Crippen LogP) is 0.224. The van der Waals surface area contributed by atoms with Gasteiger partial charge in [0, 0.05) is 26.1 Å². The fraction of sp³-hybridized carbons (Fsp3) is 0.857. The second-order valence-electron chi connectivity index (χ2n) is 6.56. The molecule has 1 saturated carbocycles. The van der Waals surface area contributed by atoms with Crippen LogP contribution >= 0.6 is 0 Å². The van der Waals surface area contributed by atoms with Gasteiger partial charge in [0.2, 0.25) is 10.0 Å². The molecule has 1 aliphatic carbocycles. The topological polar surface area (TPSA) is 71.3 Å². The van der Waals surface area contributed by atoms with Crippen LogP contribution in [0.15, 0.2) is 0 Å². The second kappa shape index (κ2) is 5.58. The lowest BCUT2D eigenvalue weighted by Crippen LogP contribution is -2.36. The van der Waals surface area contributed by atoms with Crippen molar-refractivity contribution in [2.45, 2.75) is 50.4 Å². The van der Waals surface area contributed by atoms with Crippen molar-refractivity contribution in [3.05, 3.63) is 11.6 Å². The molecule has 1 aromatic heterocycles. The Morgan fingerprint density at radius 3 is 2.50 bits per heavy atom. The molecular weight excluding hydrogens is 302 g/mol. The fourth-order valence-electron chi connectivity index (χ4n) is 3.45. The minimum absolute atomic E-state index is 0.125. The van der Waals surface area contributed by atoms with Gasteiger partial charge in [0.15, 0.2) is 0 Å². The van der Waals surface area contributed by atoms with Crippen molar-refractivity contribution in [1.82, 2.24) is 24.0 Å². The van der Waals surface area contributed by atoms with Crippen LogP contribution in [0.4, 0.5) is 0 Å². The Kier molecular flexibility index (Phi) is 3.70. The van der Waals surface area contributed by atoms with Crippen molar-refractivity contribution in [3.63, 3.8) is 0 Å². The Morgan fingerprint density at radius 2 is 1.77 bits per heavy atom. The zero-order valence-corrected chi connectivity index (χ0v) is 13.6. The zero-order valence-electron chi connectivity index (χ0n) is 12.8. The van der Waals surface area contributed by atoms with Gasteiger partial charge in [0.05, 0.1) is 11.8 Å². The molecule has 4 rings (SSSR count). The summed E-state index contributed by atoms with van der Waals surface area (Å²) >= 11 is 0. The first-order chi connectivity index (χ1) is 10.6. The molecule has 0 radical (unpaired) electrons. The Hall–Kier alpha value is -0.990. The standard InChI is InChI=1S/C14H23N5O2S/c20-22(21,12-3-4-12)18-8-5-13-15-16-14(19(13)10-9-18)11-17-6-1-2-7-17/h12H,1-11H2. The highest BCUT2D eigenvalue weighted by Crippen LogP contribution is 2.31. The summed E-state index contributed by atoms with van der Waals surface area (Å²) in [7, 11) is -3.08. The molecule has 0 atom stereocenters. The molecule has 0 unspecified atom stereocenters. The molecule has 22 heavy (non-hydrogen) atoms. The van der Waals surface area contributed by atoms with Gasteiger partial charge in [-0.2, -0.15) is 4.31 Å². The third kappa shape index (κ3) is 2.68. The van der Waals surface area contributed by atoms with E-state index in [1.165, 1.54) is 12.8 Å². The maximum atomic E-state index is 12.4. The van der Waals surface area contributed by atoms with E-state index < -0.39 is 10.0 Å². The fourth-order valence-corrected chi connectivity index (χ4v) is 5.29. The van der Waals surface area contributed by atoms with E-state index in [4.69, 9.17) is 0 Å². The van der Waals surface area contributed by atoms with E-state index in [-0.39, 0.29) is 5.25 Å². The van der Waals surface area contributed by atoms with Crippen LogP contribution in [-0.4, -0.2) is 63.8 Å². The molecule has 122 valence electrons. The van der Waals surface area contributed by atoms with Crippen LogP contribution in [0.3, 0.4) is 0 Å². The van der Waals surface area contributed by atoms with E-state index in [2.05, 4.69) is 19.7 Å². The minimum atomic E-state index is -3.08. The second-order valence-corrected chi connectivity index (χ2v) is 8.77. The third-order valence-corrected chi connectivity index (χ3v) is 7.33. The molecule has 8 heteroatoms. The monoisotopic (exact) mass is 325 g/mol. The van der Waals surface area contributed by atoms with Crippen molar-refractivity contribution in [3.8, 4) is 0 Å². The van der Waals surface area contributed by atoms with E-state index in [9.17, 15) is 8.42 Å². The Balaban J connectivity index is 1.48. The first-order valence-electron chi connectivity index (χ1n) is 8.27. The average Bonchev–Trinajstić information content (AvgIpc) is 3.20. The first kappa shape index (κ1) is 14.6. The summed E-state index contributed by atoms with van der Waals surface area (Å²) in [4.78, 5) is 2.40. The van der Waals surface area contributed by atoms with Gasteiger partial charge >= 0.3 is 0 Å². The van der Waals surface area contributed by atoms with Gasteiger partial charge in [-0.05, 0) is 38.8 Å². The number of hydrogen-bond acceptors (Lipinski definition) is 5. The normalized spacial score (nSPS) is 24.4. The lowest BCUT2D eigenvalue weighted by atomic mass is 10.4. The van der Waals surface area contributed by atoms with Gasteiger partial charge in [0.1, 0.15) is 11.6 Å². The highest BCUT2D eigenvalue weighted by Gasteiger charge is 2.40. The summed E-state index contributed by atoms with van der Waals surface area (Å²) in [6, 6.07) is 0. The number of sulfonamides is 1. The molecule has 0 amide bonds.